The second kappa shape index (κ2) is 3.14. The van der Waals surface area contributed by atoms with Gasteiger partial charge in [-0.1, -0.05) is 0 Å². The Bertz CT molecular complexity index is 490. The second-order valence-corrected chi connectivity index (χ2v) is 3.10. The van der Waals surface area contributed by atoms with Gasteiger partial charge in [-0.05, 0) is 24.3 Å². The van der Waals surface area contributed by atoms with E-state index in [-0.39, 0.29) is 12.2 Å². The largest absolute Gasteiger partial charge is 0.481 e. The number of rotatable bonds is 2. The monoisotopic (exact) mass is 193 g/mol. The third-order valence-electron chi connectivity index (χ3n) is 1.98. The van der Waals surface area contributed by atoms with Gasteiger partial charge in [0.05, 0.1) is 6.42 Å². The average molecular weight is 193 g/mol. The summed E-state index contributed by atoms with van der Waals surface area (Å²) >= 11 is 0. The van der Waals surface area contributed by atoms with Crippen LogP contribution in [0.3, 0.4) is 0 Å². The van der Waals surface area contributed by atoms with Gasteiger partial charge < -0.3 is 10.1 Å². The summed E-state index contributed by atoms with van der Waals surface area (Å²) in [5, 5.41) is 9.25. The topological polar surface area (TPSA) is 53.1 Å². The molecule has 0 amide bonds. The number of hydrogen-bond acceptors (Lipinski definition) is 1. The summed E-state index contributed by atoms with van der Waals surface area (Å²) in [4.78, 5) is 13.3. The molecular formula is C10H8FNO2. The lowest BCUT2D eigenvalue weighted by molar-refractivity contribution is -0.136. The first-order valence-corrected chi connectivity index (χ1v) is 4.14. The Morgan fingerprint density at radius 2 is 2.21 bits per heavy atom. The van der Waals surface area contributed by atoms with Crippen LogP contribution in [-0.4, -0.2) is 16.1 Å². The summed E-state index contributed by atoms with van der Waals surface area (Å²) in [6.45, 7) is 0. The third-order valence-corrected chi connectivity index (χ3v) is 1.98. The van der Waals surface area contributed by atoms with Crippen LogP contribution in [0.5, 0.6) is 0 Å². The normalized spacial score (nSPS) is 10.6. The van der Waals surface area contributed by atoms with Crippen LogP contribution >= 0.6 is 0 Å². The molecule has 1 aromatic heterocycles. The molecule has 0 spiro atoms. The SMILES string of the molecule is O=C(O)Cc1cc2cc(F)ccc2[nH]1. The molecule has 0 unspecified atom stereocenters. The van der Waals surface area contributed by atoms with Gasteiger partial charge in [0.15, 0.2) is 0 Å². The van der Waals surface area contributed by atoms with Crippen LogP contribution in [-0.2, 0) is 11.2 Å². The van der Waals surface area contributed by atoms with Crippen molar-refractivity contribution in [2.24, 2.45) is 0 Å². The number of hydrogen-bond donors (Lipinski definition) is 2. The van der Waals surface area contributed by atoms with Crippen molar-refractivity contribution < 1.29 is 14.3 Å². The zero-order valence-corrected chi connectivity index (χ0v) is 7.25. The second-order valence-electron chi connectivity index (χ2n) is 3.10. The fourth-order valence-corrected chi connectivity index (χ4v) is 1.42. The summed E-state index contributed by atoms with van der Waals surface area (Å²) < 4.78 is 12.8. The van der Waals surface area contributed by atoms with Gasteiger partial charge in [-0.2, -0.15) is 0 Å². The molecule has 0 atom stereocenters. The number of H-pyrrole nitrogens is 1. The Hall–Kier alpha value is -1.84. The quantitative estimate of drug-likeness (QED) is 0.765. The maximum Gasteiger partial charge on any atom is 0.309 e. The fourth-order valence-electron chi connectivity index (χ4n) is 1.42. The molecule has 0 aliphatic heterocycles. The van der Waals surface area contributed by atoms with E-state index in [0.717, 1.165) is 5.52 Å². The highest BCUT2D eigenvalue weighted by atomic mass is 19.1. The minimum absolute atomic E-state index is 0.0731. The Labute approximate surface area is 79.2 Å². The van der Waals surface area contributed by atoms with Gasteiger partial charge in [0, 0.05) is 16.6 Å². The molecule has 1 heterocycles. The molecule has 0 fully saturated rings. The van der Waals surface area contributed by atoms with Crippen LogP contribution in [0.4, 0.5) is 4.39 Å². The van der Waals surface area contributed by atoms with Crippen LogP contribution in [0.15, 0.2) is 24.3 Å². The van der Waals surface area contributed by atoms with Crippen molar-refractivity contribution in [2.45, 2.75) is 6.42 Å². The van der Waals surface area contributed by atoms with Crippen molar-refractivity contribution in [1.29, 1.82) is 0 Å². The minimum atomic E-state index is -0.906. The van der Waals surface area contributed by atoms with Crippen molar-refractivity contribution in [1.82, 2.24) is 4.98 Å². The van der Waals surface area contributed by atoms with Gasteiger partial charge >= 0.3 is 5.97 Å². The number of halogens is 1. The zero-order valence-electron chi connectivity index (χ0n) is 7.25. The third kappa shape index (κ3) is 1.59. The number of aromatic amines is 1. The van der Waals surface area contributed by atoms with Gasteiger partial charge in [-0.15, -0.1) is 0 Å². The zero-order chi connectivity index (χ0) is 10.1. The van der Waals surface area contributed by atoms with Gasteiger partial charge in [-0.25, -0.2) is 4.39 Å². The van der Waals surface area contributed by atoms with E-state index in [1.807, 2.05) is 0 Å². The van der Waals surface area contributed by atoms with Crippen LogP contribution < -0.4 is 0 Å². The standard InChI is InChI=1S/C10H8FNO2/c11-7-1-2-9-6(3-7)4-8(12-9)5-10(13)14/h1-4,12H,5H2,(H,13,14). The van der Waals surface area contributed by atoms with Crippen molar-refractivity contribution in [3.63, 3.8) is 0 Å². The van der Waals surface area contributed by atoms with E-state index in [2.05, 4.69) is 4.98 Å². The van der Waals surface area contributed by atoms with Gasteiger partial charge in [-0.3, -0.25) is 4.79 Å². The van der Waals surface area contributed by atoms with Crippen molar-refractivity contribution in [3.8, 4) is 0 Å². The Balaban J connectivity index is 2.46. The van der Waals surface area contributed by atoms with Crippen LogP contribution in [0, 0.1) is 5.82 Å². The molecule has 4 heteroatoms. The maximum absolute atomic E-state index is 12.8. The number of carboxylic acids is 1. The highest BCUT2D eigenvalue weighted by Gasteiger charge is 2.05. The van der Waals surface area contributed by atoms with E-state index >= 15 is 0 Å². The van der Waals surface area contributed by atoms with Crippen LogP contribution in [0.1, 0.15) is 5.69 Å². The molecule has 3 nitrogen and oxygen atoms in total. The minimum Gasteiger partial charge on any atom is -0.481 e. The Morgan fingerprint density at radius 3 is 2.93 bits per heavy atom. The van der Waals surface area contributed by atoms with Gasteiger partial charge in [0.1, 0.15) is 5.82 Å². The summed E-state index contributed by atoms with van der Waals surface area (Å²) in [7, 11) is 0. The molecule has 0 aliphatic carbocycles. The smallest absolute Gasteiger partial charge is 0.309 e. The molecule has 0 saturated carbocycles. The number of carboxylic acid groups (broad SMARTS) is 1. The average Bonchev–Trinajstić information content (AvgIpc) is 2.44. The lowest BCUT2D eigenvalue weighted by atomic mass is 10.2. The molecular weight excluding hydrogens is 185 g/mol. The van der Waals surface area contributed by atoms with Crippen LogP contribution in [0.25, 0.3) is 10.9 Å². The number of aromatic nitrogens is 1. The molecule has 72 valence electrons. The summed E-state index contributed by atoms with van der Waals surface area (Å²) in [6.07, 6.45) is -0.0731. The first kappa shape index (κ1) is 8.74. The first-order valence-electron chi connectivity index (χ1n) is 4.14. The van der Waals surface area contributed by atoms with E-state index in [0.29, 0.717) is 11.1 Å². The van der Waals surface area contributed by atoms with Gasteiger partial charge in [0.2, 0.25) is 0 Å². The van der Waals surface area contributed by atoms with Crippen LogP contribution in [0.2, 0.25) is 0 Å². The van der Waals surface area contributed by atoms with Gasteiger partial charge in [0.25, 0.3) is 0 Å². The molecule has 1 aromatic carbocycles. The highest BCUT2D eigenvalue weighted by molar-refractivity contribution is 5.82. The number of carbonyl (C=O) groups is 1. The Kier molecular flexibility index (Phi) is 1.96. The molecule has 2 aromatic rings. The number of aliphatic carboxylic acids is 1. The van der Waals surface area contributed by atoms with E-state index in [4.69, 9.17) is 5.11 Å². The molecule has 0 aliphatic rings. The predicted molar refractivity (Wildman–Crippen MR) is 49.6 cm³/mol. The van der Waals surface area contributed by atoms with Crippen molar-refractivity contribution in [3.05, 3.63) is 35.8 Å². The molecule has 2 N–H and O–H groups in total. The summed E-state index contributed by atoms with van der Waals surface area (Å²) in [5.41, 5.74) is 1.33. The van der Waals surface area contributed by atoms with Crippen molar-refractivity contribution >= 4 is 16.9 Å². The Morgan fingerprint density at radius 1 is 1.43 bits per heavy atom. The summed E-state index contributed by atoms with van der Waals surface area (Å²) in [5.74, 6) is -1.23. The first-order chi connectivity index (χ1) is 6.65. The highest BCUT2D eigenvalue weighted by Crippen LogP contribution is 2.16. The fraction of sp³-hybridized carbons (Fsp3) is 0.100. The van der Waals surface area contributed by atoms with Crippen molar-refractivity contribution in [2.75, 3.05) is 0 Å². The molecule has 14 heavy (non-hydrogen) atoms. The van der Waals surface area contributed by atoms with E-state index in [9.17, 15) is 9.18 Å². The number of benzene rings is 1. The maximum atomic E-state index is 12.8. The molecule has 2 rings (SSSR count). The summed E-state index contributed by atoms with van der Waals surface area (Å²) in [6, 6.07) is 5.95. The molecule has 0 radical (unpaired) electrons. The lowest BCUT2D eigenvalue weighted by Gasteiger charge is -1.88. The molecule has 0 bridgehead atoms. The van der Waals surface area contributed by atoms with E-state index in [1.165, 1.54) is 12.1 Å². The lowest BCUT2D eigenvalue weighted by Crippen LogP contribution is -1.99. The number of nitrogens with one attached hydrogen (secondary N) is 1. The molecule has 0 saturated heterocycles. The number of fused-ring (bicyclic) bond motifs is 1. The predicted octanol–water partition coefficient (Wildman–Crippen LogP) is 1.93. The van der Waals surface area contributed by atoms with E-state index < -0.39 is 5.97 Å². The van der Waals surface area contributed by atoms with E-state index in [1.54, 1.807) is 12.1 Å².